The molecule has 3 rings (SSSR count). The molecule has 4 nitrogen and oxygen atoms in total. The number of hydrogen-bond donors (Lipinski definition) is 1. The maximum Gasteiger partial charge on any atom is 0.145 e. The second-order valence-electron chi connectivity index (χ2n) is 6.31. The van der Waals surface area contributed by atoms with Gasteiger partial charge in [-0.1, -0.05) is 26.3 Å². The van der Waals surface area contributed by atoms with Gasteiger partial charge in [0.1, 0.15) is 17.5 Å². The van der Waals surface area contributed by atoms with E-state index in [0.717, 1.165) is 51.4 Å². The molecule has 1 aromatic carbocycles. The Kier molecular flexibility index (Phi) is 5.08. The number of anilines is 2. The number of fused-ring (bicyclic) bond motifs is 1. The molecule has 2 aliphatic rings. The van der Waals surface area contributed by atoms with Crippen molar-refractivity contribution in [2.75, 3.05) is 49.1 Å². The molecule has 0 radical (unpaired) electrons. The lowest BCUT2D eigenvalue weighted by Gasteiger charge is -2.40. The Morgan fingerprint density at radius 1 is 1.23 bits per heavy atom. The number of ether oxygens (including phenoxy) is 1. The first-order chi connectivity index (χ1) is 10.8. The molecule has 0 aromatic heterocycles. The third kappa shape index (κ3) is 3.17. The predicted octanol–water partition coefficient (Wildman–Crippen LogP) is 2.87. The highest BCUT2D eigenvalue weighted by Crippen LogP contribution is 2.42. The molecule has 122 valence electrons. The van der Waals surface area contributed by atoms with Crippen molar-refractivity contribution in [3.63, 3.8) is 0 Å². The molecule has 22 heavy (non-hydrogen) atoms. The van der Waals surface area contributed by atoms with Crippen molar-refractivity contribution in [2.24, 2.45) is 0 Å². The third-order valence-electron chi connectivity index (χ3n) is 4.71. The summed E-state index contributed by atoms with van der Waals surface area (Å²) in [5.74, 6) is 1.07. The quantitative estimate of drug-likeness (QED) is 0.905. The van der Waals surface area contributed by atoms with Crippen LogP contribution < -0.4 is 19.9 Å². The summed E-state index contributed by atoms with van der Waals surface area (Å²) >= 11 is 0. The van der Waals surface area contributed by atoms with Crippen molar-refractivity contribution >= 4 is 11.4 Å². The minimum Gasteiger partial charge on any atom is -0.486 e. The topological polar surface area (TPSA) is 27.7 Å². The summed E-state index contributed by atoms with van der Waals surface area (Å²) in [5, 5.41) is 3.44. The zero-order valence-electron chi connectivity index (χ0n) is 14.0. The van der Waals surface area contributed by atoms with Crippen LogP contribution in [0, 0.1) is 0 Å². The molecule has 0 amide bonds. The van der Waals surface area contributed by atoms with Gasteiger partial charge in [0.15, 0.2) is 0 Å². The lowest BCUT2D eigenvalue weighted by molar-refractivity contribution is 0.189. The smallest absolute Gasteiger partial charge is 0.145 e. The lowest BCUT2D eigenvalue weighted by atomic mass is 10.1. The Hall–Kier alpha value is -1.42. The van der Waals surface area contributed by atoms with Gasteiger partial charge in [0.2, 0.25) is 0 Å². The number of rotatable bonds is 5. The Morgan fingerprint density at radius 2 is 2.05 bits per heavy atom. The van der Waals surface area contributed by atoms with E-state index in [4.69, 9.17) is 4.74 Å². The number of hydrogen-bond acceptors (Lipinski definition) is 4. The number of unbranched alkanes of at least 4 members (excludes halogenated alkanes) is 1. The van der Waals surface area contributed by atoms with Gasteiger partial charge in [-0.25, -0.2) is 0 Å². The van der Waals surface area contributed by atoms with Crippen LogP contribution in [0.1, 0.15) is 33.1 Å². The summed E-state index contributed by atoms with van der Waals surface area (Å²) in [4.78, 5) is 5.07. The number of benzene rings is 1. The average molecular weight is 303 g/mol. The van der Waals surface area contributed by atoms with E-state index in [1.165, 1.54) is 24.2 Å². The minimum absolute atomic E-state index is 0.322. The van der Waals surface area contributed by atoms with Crippen molar-refractivity contribution in [3.05, 3.63) is 18.2 Å². The maximum absolute atomic E-state index is 6.24. The molecule has 1 saturated heterocycles. The zero-order chi connectivity index (χ0) is 15.4. The molecule has 1 fully saturated rings. The van der Waals surface area contributed by atoms with Crippen LogP contribution in [0.25, 0.3) is 0 Å². The standard InChI is InChI=1S/C18H29N3O/c1-3-5-11-21-14-15(4-2)22-17-8-6-7-16(18(17)21)20-12-9-19-10-13-20/h6-8,15,19H,3-5,9-14H2,1-2H3. The van der Waals surface area contributed by atoms with Crippen LogP contribution in [-0.4, -0.2) is 45.4 Å². The summed E-state index contributed by atoms with van der Waals surface area (Å²) in [7, 11) is 0. The van der Waals surface area contributed by atoms with Gasteiger partial charge >= 0.3 is 0 Å². The van der Waals surface area contributed by atoms with Crippen LogP contribution in [0.15, 0.2) is 18.2 Å². The van der Waals surface area contributed by atoms with Crippen molar-refractivity contribution in [3.8, 4) is 5.75 Å². The Bertz CT molecular complexity index is 485. The molecule has 0 saturated carbocycles. The molecule has 2 heterocycles. The zero-order valence-corrected chi connectivity index (χ0v) is 14.0. The Labute approximate surface area is 134 Å². The molecule has 1 aromatic rings. The fourth-order valence-electron chi connectivity index (χ4n) is 3.40. The summed E-state index contributed by atoms with van der Waals surface area (Å²) in [6.07, 6.45) is 3.87. The molecular weight excluding hydrogens is 274 g/mol. The first kappa shape index (κ1) is 15.5. The summed E-state index contributed by atoms with van der Waals surface area (Å²) in [5.41, 5.74) is 2.67. The number of piperazine rings is 1. The van der Waals surface area contributed by atoms with Gasteiger partial charge in [-0.15, -0.1) is 0 Å². The van der Waals surface area contributed by atoms with Crippen molar-refractivity contribution in [1.82, 2.24) is 5.32 Å². The van der Waals surface area contributed by atoms with Crippen LogP contribution >= 0.6 is 0 Å². The van der Waals surface area contributed by atoms with Crippen LogP contribution in [0.2, 0.25) is 0 Å². The van der Waals surface area contributed by atoms with Crippen molar-refractivity contribution in [2.45, 2.75) is 39.2 Å². The fraction of sp³-hybridized carbons (Fsp3) is 0.667. The molecule has 1 unspecified atom stereocenters. The monoisotopic (exact) mass is 303 g/mol. The van der Waals surface area contributed by atoms with E-state index in [1.807, 2.05) is 0 Å². The van der Waals surface area contributed by atoms with E-state index in [1.54, 1.807) is 0 Å². The number of para-hydroxylation sites is 1. The van der Waals surface area contributed by atoms with Crippen LogP contribution in [0.4, 0.5) is 11.4 Å². The highest BCUT2D eigenvalue weighted by atomic mass is 16.5. The predicted molar refractivity (Wildman–Crippen MR) is 93.4 cm³/mol. The molecule has 0 spiro atoms. The average Bonchev–Trinajstić information content (AvgIpc) is 2.59. The first-order valence-electron chi connectivity index (χ1n) is 8.83. The van der Waals surface area contributed by atoms with E-state index < -0.39 is 0 Å². The second-order valence-corrected chi connectivity index (χ2v) is 6.31. The van der Waals surface area contributed by atoms with E-state index in [-0.39, 0.29) is 0 Å². The van der Waals surface area contributed by atoms with Crippen LogP contribution in [0.5, 0.6) is 5.75 Å². The van der Waals surface area contributed by atoms with Crippen LogP contribution in [-0.2, 0) is 0 Å². The lowest BCUT2D eigenvalue weighted by Crippen LogP contribution is -2.46. The summed E-state index contributed by atoms with van der Waals surface area (Å²) in [6.45, 7) is 10.9. The Balaban J connectivity index is 1.92. The molecule has 4 heteroatoms. The van der Waals surface area contributed by atoms with Gasteiger partial charge in [-0.2, -0.15) is 0 Å². The minimum atomic E-state index is 0.322. The van der Waals surface area contributed by atoms with Gasteiger partial charge in [0.25, 0.3) is 0 Å². The number of nitrogens with one attached hydrogen (secondary N) is 1. The van der Waals surface area contributed by atoms with Gasteiger partial charge in [-0.3, -0.25) is 0 Å². The normalized spacial score (nSPS) is 21.5. The van der Waals surface area contributed by atoms with Crippen LogP contribution in [0.3, 0.4) is 0 Å². The summed E-state index contributed by atoms with van der Waals surface area (Å²) < 4.78 is 6.24. The van der Waals surface area contributed by atoms with E-state index in [0.29, 0.717) is 6.10 Å². The molecule has 2 aliphatic heterocycles. The van der Waals surface area contributed by atoms with Gasteiger partial charge < -0.3 is 19.9 Å². The summed E-state index contributed by atoms with van der Waals surface area (Å²) in [6, 6.07) is 6.55. The Morgan fingerprint density at radius 3 is 2.77 bits per heavy atom. The molecule has 1 N–H and O–H groups in total. The SMILES string of the molecule is CCCCN1CC(CC)Oc2cccc(N3CCNCC3)c21. The first-order valence-corrected chi connectivity index (χ1v) is 8.83. The van der Waals surface area contributed by atoms with Crippen molar-refractivity contribution < 1.29 is 4.74 Å². The van der Waals surface area contributed by atoms with Gasteiger partial charge in [-0.05, 0) is 25.0 Å². The second kappa shape index (κ2) is 7.23. The van der Waals surface area contributed by atoms with Gasteiger partial charge in [0.05, 0.1) is 12.2 Å². The third-order valence-corrected chi connectivity index (χ3v) is 4.71. The molecule has 1 atom stereocenters. The largest absolute Gasteiger partial charge is 0.486 e. The highest BCUT2D eigenvalue weighted by molar-refractivity contribution is 5.78. The highest BCUT2D eigenvalue weighted by Gasteiger charge is 2.28. The van der Waals surface area contributed by atoms with E-state index in [9.17, 15) is 0 Å². The fourth-order valence-corrected chi connectivity index (χ4v) is 3.40. The molecule has 0 bridgehead atoms. The molecule has 0 aliphatic carbocycles. The van der Waals surface area contributed by atoms with Crippen molar-refractivity contribution in [1.29, 1.82) is 0 Å². The van der Waals surface area contributed by atoms with E-state index in [2.05, 4.69) is 47.2 Å². The van der Waals surface area contributed by atoms with E-state index >= 15 is 0 Å². The van der Waals surface area contributed by atoms with Gasteiger partial charge in [0, 0.05) is 32.7 Å². The number of nitrogens with zero attached hydrogens (tertiary/aromatic N) is 2. The maximum atomic E-state index is 6.24. The molecular formula is C18H29N3O.